The van der Waals surface area contributed by atoms with Crippen molar-refractivity contribution in [1.29, 1.82) is 0 Å². The molecule has 0 aromatic carbocycles. The third kappa shape index (κ3) is 4.48. The van der Waals surface area contributed by atoms with Gasteiger partial charge in [-0.1, -0.05) is 0 Å². The Bertz CT molecular complexity index is 299. The Kier molecular flexibility index (Phi) is 8.41. The first-order chi connectivity index (χ1) is 8.53. The maximum atomic E-state index is 12.6. The Hall–Kier alpha value is -0.0300. The average molecular weight is 326 g/mol. The van der Waals surface area contributed by atoms with Gasteiger partial charge in [0, 0.05) is 25.7 Å². The molecule has 2 saturated heterocycles. The highest BCUT2D eigenvalue weighted by molar-refractivity contribution is 5.85. The number of piperidine rings is 2. The summed E-state index contributed by atoms with van der Waals surface area (Å²) in [5, 5.41) is 3.37. The molecule has 1 N–H and O–H groups in total. The van der Waals surface area contributed by atoms with E-state index in [1.54, 1.807) is 0 Å². The molecule has 0 aliphatic carbocycles. The molecule has 2 fully saturated rings. The van der Waals surface area contributed by atoms with Crippen LogP contribution < -0.4 is 5.32 Å². The number of nitrogens with one attached hydrogen (secondary N) is 1. The molecule has 2 rings (SSSR count). The highest BCUT2D eigenvalue weighted by Crippen LogP contribution is 2.29. The van der Waals surface area contributed by atoms with E-state index in [4.69, 9.17) is 0 Å². The second-order valence-electron chi connectivity index (χ2n) is 6.33. The van der Waals surface area contributed by atoms with Crippen molar-refractivity contribution >= 4 is 30.7 Å². The molecule has 0 aromatic heterocycles. The predicted molar refractivity (Wildman–Crippen MR) is 88.0 cm³/mol. The summed E-state index contributed by atoms with van der Waals surface area (Å²) in [6.45, 7) is 5.89. The average Bonchev–Trinajstić information content (AvgIpc) is 2.39. The van der Waals surface area contributed by atoms with E-state index in [1.807, 2.05) is 0 Å². The number of nitrogens with zero attached hydrogens (tertiary/aromatic N) is 2. The van der Waals surface area contributed by atoms with Crippen LogP contribution >= 0.6 is 24.8 Å². The molecule has 1 atom stereocenters. The van der Waals surface area contributed by atoms with Crippen LogP contribution in [0.2, 0.25) is 0 Å². The quantitative estimate of drug-likeness (QED) is 0.840. The summed E-state index contributed by atoms with van der Waals surface area (Å²) in [7, 11) is 4.27. The number of amides is 1. The smallest absolute Gasteiger partial charge is 0.229 e. The minimum Gasteiger partial charge on any atom is -0.342 e. The molecule has 0 bridgehead atoms. The number of halogens is 2. The van der Waals surface area contributed by atoms with E-state index in [1.165, 1.54) is 0 Å². The van der Waals surface area contributed by atoms with Crippen LogP contribution in [0.1, 0.15) is 32.6 Å². The fraction of sp³-hybridized carbons (Fsp3) is 0.929. The van der Waals surface area contributed by atoms with Crippen LogP contribution in [0.3, 0.4) is 0 Å². The summed E-state index contributed by atoms with van der Waals surface area (Å²) < 4.78 is 0. The van der Waals surface area contributed by atoms with Gasteiger partial charge in [-0.05, 0) is 53.2 Å². The highest BCUT2D eigenvalue weighted by atomic mass is 35.5. The van der Waals surface area contributed by atoms with Gasteiger partial charge in [0.15, 0.2) is 0 Å². The zero-order valence-electron chi connectivity index (χ0n) is 12.9. The molecule has 6 heteroatoms. The van der Waals surface area contributed by atoms with Gasteiger partial charge in [0.05, 0.1) is 5.41 Å². The predicted octanol–water partition coefficient (Wildman–Crippen LogP) is 1.77. The molecular formula is C14H29Cl2N3O. The lowest BCUT2D eigenvalue weighted by Gasteiger charge is -2.41. The first kappa shape index (κ1) is 20.0. The monoisotopic (exact) mass is 325 g/mol. The van der Waals surface area contributed by atoms with E-state index in [2.05, 4.69) is 36.1 Å². The number of rotatable bonds is 2. The molecule has 20 heavy (non-hydrogen) atoms. The lowest BCUT2D eigenvalue weighted by atomic mass is 9.81. The van der Waals surface area contributed by atoms with Crippen LogP contribution in [0.25, 0.3) is 0 Å². The van der Waals surface area contributed by atoms with Crippen LogP contribution in [-0.4, -0.2) is 62.0 Å². The zero-order valence-corrected chi connectivity index (χ0v) is 14.5. The van der Waals surface area contributed by atoms with Crippen molar-refractivity contribution in [1.82, 2.24) is 15.1 Å². The fourth-order valence-corrected chi connectivity index (χ4v) is 3.21. The van der Waals surface area contributed by atoms with Gasteiger partial charge in [-0.2, -0.15) is 0 Å². The standard InChI is InChI=1S/C14H27N3O.2ClH/c1-14(7-4-8-15-11-14)13(18)17-9-5-12(6-10-17)16(2)3;;/h12,15H,4-11H2,1-3H3;2*1H. The van der Waals surface area contributed by atoms with Crippen LogP contribution in [0.15, 0.2) is 0 Å². The van der Waals surface area contributed by atoms with Crippen molar-refractivity contribution in [3.8, 4) is 0 Å². The van der Waals surface area contributed by atoms with E-state index < -0.39 is 0 Å². The second-order valence-corrected chi connectivity index (χ2v) is 6.33. The summed E-state index contributed by atoms with van der Waals surface area (Å²) >= 11 is 0. The topological polar surface area (TPSA) is 35.6 Å². The largest absolute Gasteiger partial charge is 0.342 e. The van der Waals surface area contributed by atoms with Gasteiger partial charge in [0.2, 0.25) is 5.91 Å². The van der Waals surface area contributed by atoms with Crippen molar-refractivity contribution < 1.29 is 4.79 Å². The Morgan fingerprint density at radius 1 is 1.25 bits per heavy atom. The molecule has 120 valence electrons. The van der Waals surface area contributed by atoms with Gasteiger partial charge < -0.3 is 15.1 Å². The Morgan fingerprint density at radius 2 is 1.85 bits per heavy atom. The Balaban J connectivity index is 0.00000180. The summed E-state index contributed by atoms with van der Waals surface area (Å²) in [5.74, 6) is 0.368. The van der Waals surface area contributed by atoms with Crippen molar-refractivity contribution in [2.24, 2.45) is 5.41 Å². The number of likely N-dealkylation sites (tertiary alicyclic amines) is 1. The lowest BCUT2D eigenvalue weighted by Crippen LogP contribution is -2.53. The van der Waals surface area contributed by atoms with Crippen LogP contribution in [0, 0.1) is 5.41 Å². The molecule has 0 saturated carbocycles. The molecule has 0 aromatic rings. The lowest BCUT2D eigenvalue weighted by molar-refractivity contribution is -0.143. The third-order valence-corrected chi connectivity index (χ3v) is 4.60. The number of carbonyl (C=O) groups is 1. The number of hydrogen-bond acceptors (Lipinski definition) is 3. The summed E-state index contributed by atoms with van der Waals surface area (Å²) in [6, 6.07) is 0.645. The molecule has 2 heterocycles. The number of carbonyl (C=O) groups excluding carboxylic acids is 1. The van der Waals surface area contributed by atoms with E-state index in [0.29, 0.717) is 11.9 Å². The van der Waals surface area contributed by atoms with Gasteiger partial charge in [-0.3, -0.25) is 4.79 Å². The van der Waals surface area contributed by atoms with E-state index in [-0.39, 0.29) is 30.2 Å². The SMILES string of the molecule is CN(C)C1CCN(C(=O)C2(C)CCCNC2)CC1.Cl.Cl. The van der Waals surface area contributed by atoms with Crippen molar-refractivity contribution in [3.63, 3.8) is 0 Å². The molecule has 4 nitrogen and oxygen atoms in total. The van der Waals surface area contributed by atoms with Gasteiger partial charge in [-0.15, -0.1) is 24.8 Å². The molecule has 0 radical (unpaired) electrons. The minimum absolute atomic E-state index is 0. The van der Waals surface area contributed by atoms with Gasteiger partial charge in [-0.25, -0.2) is 0 Å². The van der Waals surface area contributed by atoms with Crippen molar-refractivity contribution in [3.05, 3.63) is 0 Å². The maximum Gasteiger partial charge on any atom is 0.229 e. The molecule has 2 aliphatic heterocycles. The van der Waals surface area contributed by atoms with Crippen molar-refractivity contribution in [2.45, 2.75) is 38.6 Å². The fourth-order valence-electron chi connectivity index (χ4n) is 3.21. The van der Waals surface area contributed by atoms with E-state index in [9.17, 15) is 4.79 Å². The Labute approximate surface area is 135 Å². The summed E-state index contributed by atoms with van der Waals surface area (Å²) in [5.41, 5.74) is -0.163. The third-order valence-electron chi connectivity index (χ3n) is 4.60. The minimum atomic E-state index is -0.163. The maximum absolute atomic E-state index is 12.6. The number of hydrogen-bond donors (Lipinski definition) is 1. The van der Waals surface area contributed by atoms with Crippen LogP contribution in [0.5, 0.6) is 0 Å². The normalized spacial score (nSPS) is 27.7. The molecule has 2 aliphatic rings. The van der Waals surface area contributed by atoms with Crippen LogP contribution in [0.4, 0.5) is 0 Å². The summed E-state index contributed by atoms with van der Waals surface area (Å²) in [4.78, 5) is 17.0. The van der Waals surface area contributed by atoms with Crippen LogP contribution in [-0.2, 0) is 4.79 Å². The molecule has 1 amide bonds. The molecule has 0 spiro atoms. The van der Waals surface area contributed by atoms with E-state index in [0.717, 1.165) is 51.9 Å². The molecular weight excluding hydrogens is 297 g/mol. The van der Waals surface area contributed by atoms with Crippen molar-refractivity contribution in [2.75, 3.05) is 40.3 Å². The first-order valence-corrected chi connectivity index (χ1v) is 7.19. The van der Waals surface area contributed by atoms with E-state index >= 15 is 0 Å². The summed E-state index contributed by atoms with van der Waals surface area (Å²) in [6.07, 6.45) is 4.38. The highest BCUT2D eigenvalue weighted by Gasteiger charge is 2.38. The second kappa shape index (κ2) is 8.42. The van der Waals surface area contributed by atoms with Gasteiger partial charge in [0.1, 0.15) is 0 Å². The Morgan fingerprint density at radius 3 is 2.30 bits per heavy atom. The molecule has 1 unspecified atom stereocenters. The zero-order chi connectivity index (χ0) is 13.2. The van der Waals surface area contributed by atoms with Gasteiger partial charge >= 0.3 is 0 Å². The first-order valence-electron chi connectivity index (χ1n) is 7.19. The van der Waals surface area contributed by atoms with Gasteiger partial charge in [0.25, 0.3) is 0 Å².